The van der Waals surface area contributed by atoms with Gasteiger partial charge in [-0.1, -0.05) is 0 Å². The second-order valence-electron chi connectivity index (χ2n) is 4.19. The van der Waals surface area contributed by atoms with Crippen molar-refractivity contribution in [3.8, 4) is 0 Å². The molecule has 3 aliphatic rings. The fraction of sp³-hybridized carbons (Fsp3) is 0.455. The largest absolute Gasteiger partial charge is 0.433 e. The molecule has 3 rings (SSSR count). The third kappa shape index (κ3) is 1.25. The minimum absolute atomic E-state index is 0.0337. The normalized spacial score (nSPS) is 36.0. The van der Waals surface area contributed by atoms with Crippen LogP contribution in [0.3, 0.4) is 0 Å². The molecule has 0 aromatic rings. The molecule has 0 aromatic heterocycles. The number of ether oxygens (including phenoxy) is 2. The van der Waals surface area contributed by atoms with Gasteiger partial charge in [-0.3, -0.25) is 9.59 Å². The molecule has 4 heteroatoms. The van der Waals surface area contributed by atoms with Crippen molar-refractivity contribution in [2.75, 3.05) is 0 Å². The zero-order chi connectivity index (χ0) is 10.5. The Kier molecular flexibility index (Phi) is 1.52. The van der Waals surface area contributed by atoms with E-state index in [4.69, 9.17) is 9.47 Å². The third-order valence-corrected chi connectivity index (χ3v) is 2.99. The lowest BCUT2D eigenvalue weighted by atomic mass is 9.82. The summed E-state index contributed by atoms with van der Waals surface area (Å²) >= 11 is 0. The highest BCUT2D eigenvalue weighted by atomic mass is 16.8. The van der Waals surface area contributed by atoms with Crippen LogP contribution in [0.4, 0.5) is 0 Å². The fourth-order valence-corrected chi connectivity index (χ4v) is 2.30. The van der Waals surface area contributed by atoms with Gasteiger partial charge in [-0.05, 0) is 24.3 Å². The standard InChI is InChI=1S/C11H10O4/c12-8-1-4-10(5-2-8)7-11(15-10)6-3-9(13)14-11/h1-2,4-5H,3,6-7H2. The van der Waals surface area contributed by atoms with Crippen molar-refractivity contribution in [3.63, 3.8) is 0 Å². The maximum atomic E-state index is 11.0. The van der Waals surface area contributed by atoms with Gasteiger partial charge in [-0.15, -0.1) is 0 Å². The van der Waals surface area contributed by atoms with Gasteiger partial charge in [0.1, 0.15) is 5.60 Å². The van der Waals surface area contributed by atoms with E-state index in [2.05, 4.69) is 0 Å². The van der Waals surface area contributed by atoms with Crippen molar-refractivity contribution < 1.29 is 19.1 Å². The number of esters is 1. The lowest BCUT2D eigenvalue weighted by Crippen LogP contribution is -2.58. The second kappa shape index (κ2) is 2.58. The highest BCUT2D eigenvalue weighted by Crippen LogP contribution is 2.50. The molecule has 15 heavy (non-hydrogen) atoms. The quantitative estimate of drug-likeness (QED) is 0.552. The average Bonchev–Trinajstić information content (AvgIpc) is 2.52. The van der Waals surface area contributed by atoms with Crippen molar-refractivity contribution in [3.05, 3.63) is 24.3 Å². The van der Waals surface area contributed by atoms with Crippen LogP contribution in [0.25, 0.3) is 0 Å². The number of rotatable bonds is 0. The smallest absolute Gasteiger partial charge is 0.308 e. The summed E-state index contributed by atoms with van der Waals surface area (Å²) in [5.41, 5.74) is -0.515. The van der Waals surface area contributed by atoms with Crippen LogP contribution in [-0.2, 0) is 19.1 Å². The second-order valence-corrected chi connectivity index (χ2v) is 4.19. The lowest BCUT2D eigenvalue weighted by Gasteiger charge is -2.50. The SMILES string of the molecule is O=C1C=CC2(C=C1)CC1(CCC(=O)O1)O2. The molecule has 2 aliphatic heterocycles. The summed E-state index contributed by atoms with van der Waals surface area (Å²) in [7, 11) is 0. The van der Waals surface area contributed by atoms with Crippen molar-refractivity contribution in [2.24, 2.45) is 0 Å². The molecule has 0 saturated carbocycles. The molecular weight excluding hydrogens is 196 g/mol. The van der Waals surface area contributed by atoms with E-state index in [1.807, 2.05) is 0 Å². The van der Waals surface area contributed by atoms with Crippen molar-refractivity contribution >= 4 is 11.8 Å². The van der Waals surface area contributed by atoms with E-state index in [0.717, 1.165) is 0 Å². The van der Waals surface area contributed by atoms with E-state index in [-0.39, 0.29) is 11.8 Å². The van der Waals surface area contributed by atoms with Crippen LogP contribution < -0.4 is 0 Å². The van der Waals surface area contributed by atoms with E-state index in [0.29, 0.717) is 19.3 Å². The maximum Gasteiger partial charge on any atom is 0.308 e. The average molecular weight is 206 g/mol. The topological polar surface area (TPSA) is 52.6 Å². The number of hydrogen-bond acceptors (Lipinski definition) is 4. The third-order valence-electron chi connectivity index (χ3n) is 2.99. The molecule has 0 N–H and O–H groups in total. The highest BCUT2D eigenvalue weighted by molar-refractivity contribution is 6.00. The molecular formula is C11H10O4. The number of carbonyl (C=O) groups is 2. The van der Waals surface area contributed by atoms with Crippen LogP contribution >= 0.6 is 0 Å². The number of carbonyl (C=O) groups excluding carboxylic acids is 2. The Balaban J connectivity index is 1.76. The number of ketones is 1. The van der Waals surface area contributed by atoms with Crippen LogP contribution in [0.15, 0.2) is 24.3 Å². The van der Waals surface area contributed by atoms with Crippen molar-refractivity contribution in [2.45, 2.75) is 30.7 Å². The van der Waals surface area contributed by atoms with Crippen LogP contribution in [0.5, 0.6) is 0 Å². The number of hydrogen-bond donors (Lipinski definition) is 0. The molecule has 4 nitrogen and oxygen atoms in total. The summed E-state index contributed by atoms with van der Waals surface area (Å²) in [6.07, 6.45) is 8.09. The Hall–Kier alpha value is -1.42. The van der Waals surface area contributed by atoms with Crippen LogP contribution in [0.1, 0.15) is 19.3 Å². The minimum Gasteiger partial charge on any atom is -0.433 e. The maximum absolute atomic E-state index is 11.0. The van der Waals surface area contributed by atoms with Gasteiger partial charge in [0.15, 0.2) is 5.78 Å². The molecule has 0 amide bonds. The highest BCUT2D eigenvalue weighted by Gasteiger charge is 2.59. The summed E-state index contributed by atoms with van der Waals surface area (Å²) in [5.74, 6) is -0.954. The van der Waals surface area contributed by atoms with E-state index in [1.165, 1.54) is 12.2 Å². The minimum atomic E-state index is -0.716. The Bertz CT molecular complexity index is 381. The van der Waals surface area contributed by atoms with Gasteiger partial charge in [-0.25, -0.2) is 0 Å². The summed E-state index contributed by atoms with van der Waals surface area (Å²) in [6, 6.07) is 0. The Morgan fingerprint density at radius 1 is 1.20 bits per heavy atom. The summed E-state index contributed by atoms with van der Waals surface area (Å²) < 4.78 is 10.8. The molecule has 0 aromatic carbocycles. The summed E-state index contributed by atoms with van der Waals surface area (Å²) in [6.45, 7) is 0. The zero-order valence-corrected chi connectivity index (χ0v) is 8.06. The first-order valence-corrected chi connectivity index (χ1v) is 4.96. The van der Waals surface area contributed by atoms with Gasteiger partial charge in [0.2, 0.25) is 5.79 Å². The first kappa shape index (κ1) is 8.85. The van der Waals surface area contributed by atoms with Gasteiger partial charge in [0.05, 0.1) is 6.42 Å². The Morgan fingerprint density at radius 2 is 1.87 bits per heavy atom. The van der Waals surface area contributed by atoms with Crippen LogP contribution in [0.2, 0.25) is 0 Å². The molecule has 0 bridgehead atoms. The van der Waals surface area contributed by atoms with Gasteiger partial charge >= 0.3 is 5.97 Å². The van der Waals surface area contributed by atoms with Crippen molar-refractivity contribution in [1.82, 2.24) is 0 Å². The first-order valence-electron chi connectivity index (χ1n) is 4.96. The molecule has 78 valence electrons. The predicted molar refractivity (Wildman–Crippen MR) is 49.8 cm³/mol. The fourth-order valence-electron chi connectivity index (χ4n) is 2.30. The molecule has 2 saturated heterocycles. The monoisotopic (exact) mass is 206 g/mol. The van der Waals surface area contributed by atoms with E-state index in [1.54, 1.807) is 12.2 Å². The zero-order valence-electron chi connectivity index (χ0n) is 8.06. The van der Waals surface area contributed by atoms with Crippen molar-refractivity contribution in [1.29, 1.82) is 0 Å². The van der Waals surface area contributed by atoms with Gasteiger partial charge in [-0.2, -0.15) is 0 Å². The van der Waals surface area contributed by atoms with E-state index >= 15 is 0 Å². The Morgan fingerprint density at radius 3 is 2.40 bits per heavy atom. The molecule has 1 unspecified atom stereocenters. The number of allylic oxidation sites excluding steroid dienone is 2. The summed E-state index contributed by atoms with van der Waals surface area (Å²) in [5, 5.41) is 0. The molecule has 0 radical (unpaired) electrons. The van der Waals surface area contributed by atoms with Gasteiger partial charge < -0.3 is 9.47 Å². The Labute approximate surface area is 86.5 Å². The van der Waals surface area contributed by atoms with E-state index < -0.39 is 11.4 Å². The van der Waals surface area contributed by atoms with E-state index in [9.17, 15) is 9.59 Å². The van der Waals surface area contributed by atoms with Crippen LogP contribution in [-0.4, -0.2) is 23.1 Å². The first-order chi connectivity index (χ1) is 7.12. The van der Waals surface area contributed by atoms with Gasteiger partial charge in [0, 0.05) is 12.8 Å². The molecule has 2 spiro atoms. The predicted octanol–water partition coefficient (Wildman–Crippen LogP) is 0.874. The molecule has 2 heterocycles. The van der Waals surface area contributed by atoms with Gasteiger partial charge in [0.25, 0.3) is 0 Å². The molecule has 2 fully saturated rings. The molecule has 1 atom stereocenters. The molecule has 1 aliphatic carbocycles. The van der Waals surface area contributed by atoms with Crippen LogP contribution in [0, 0.1) is 0 Å². The summed E-state index contributed by atoms with van der Waals surface area (Å²) in [4.78, 5) is 21.9. The lowest BCUT2D eigenvalue weighted by molar-refractivity contribution is -0.327.